The molecule has 0 saturated carbocycles. The van der Waals surface area contributed by atoms with E-state index in [-0.39, 0.29) is 18.4 Å². The highest BCUT2D eigenvalue weighted by molar-refractivity contribution is 5.85. The van der Waals surface area contributed by atoms with Crippen molar-refractivity contribution in [2.45, 2.75) is 57.0 Å². The van der Waals surface area contributed by atoms with Crippen LogP contribution in [0.2, 0.25) is 0 Å². The van der Waals surface area contributed by atoms with Crippen LogP contribution in [0.1, 0.15) is 51.0 Å². The number of halogens is 1. The molecule has 1 aromatic carbocycles. The van der Waals surface area contributed by atoms with Crippen LogP contribution in [-0.2, 0) is 24.4 Å². The van der Waals surface area contributed by atoms with Gasteiger partial charge in [0, 0.05) is 13.2 Å². The van der Waals surface area contributed by atoms with Crippen LogP contribution in [-0.4, -0.2) is 63.0 Å². The van der Waals surface area contributed by atoms with Gasteiger partial charge in [-0.3, -0.25) is 4.79 Å². The summed E-state index contributed by atoms with van der Waals surface area (Å²) in [7, 11) is 0. The van der Waals surface area contributed by atoms with E-state index in [2.05, 4.69) is 17.0 Å². The van der Waals surface area contributed by atoms with E-state index in [4.69, 9.17) is 14.2 Å². The zero-order chi connectivity index (χ0) is 19.7. The Kier molecular flexibility index (Phi) is 10.4. The fraction of sp³-hybridized carbons (Fsp3) is 0.696. The van der Waals surface area contributed by atoms with Crippen molar-refractivity contribution in [2.24, 2.45) is 0 Å². The molecule has 0 spiro atoms. The molecule has 2 heterocycles. The van der Waals surface area contributed by atoms with Gasteiger partial charge in [0.25, 0.3) is 0 Å². The molecule has 2 aliphatic rings. The molecule has 3 rings (SSSR count). The van der Waals surface area contributed by atoms with E-state index >= 15 is 0 Å². The monoisotopic (exact) mass is 425 g/mol. The van der Waals surface area contributed by atoms with Crippen molar-refractivity contribution in [1.29, 1.82) is 0 Å². The minimum absolute atomic E-state index is 0. The quantitative estimate of drug-likeness (QED) is 0.419. The maximum absolute atomic E-state index is 12.8. The smallest absolute Gasteiger partial charge is 0.316 e. The van der Waals surface area contributed by atoms with Crippen molar-refractivity contribution in [2.75, 3.05) is 46.1 Å². The van der Waals surface area contributed by atoms with Crippen LogP contribution >= 0.6 is 12.4 Å². The summed E-state index contributed by atoms with van der Waals surface area (Å²) in [5.74, 6) is -0.0663. The minimum Gasteiger partial charge on any atom is -0.465 e. The molecule has 1 unspecified atom stereocenters. The summed E-state index contributed by atoms with van der Waals surface area (Å²) < 4.78 is 16.8. The van der Waals surface area contributed by atoms with Crippen molar-refractivity contribution in [3.8, 4) is 0 Å². The Hall–Kier alpha value is -1.14. The summed E-state index contributed by atoms with van der Waals surface area (Å²) in [6.45, 7) is 7.69. The Balaban J connectivity index is 0.00000300. The van der Waals surface area contributed by atoms with E-state index in [0.717, 1.165) is 77.1 Å². The van der Waals surface area contributed by atoms with Crippen molar-refractivity contribution in [1.82, 2.24) is 4.90 Å². The molecule has 2 saturated heterocycles. The molecule has 0 aliphatic carbocycles. The lowest BCUT2D eigenvalue weighted by molar-refractivity contribution is -0.152. The van der Waals surface area contributed by atoms with Gasteiger partial charge in [-0.15, -0.1) is 12.4 Å². The molecule has 6 heteroatoms. The lowest BCUT2D eigenvalue weighted by atomic mass is 9.72. The highest BCUT2D eigenvalue weighted by Gasteiger charge is 2.43. The predicted molar refractivity (Wildman–Crippen MR) is 117 cm³/mol. The number of unbranched alkanes of at least 4 members (excludes halogenated alkanes) is 1. The zero-order valence-electron chi connectivity index (χ0n) is 17.6. The Morgan fingerprint density at radius 1 is 1.21 bits per heavy atom. The van der Waals surface area contributed by atoms with Gasteiger partial charge in [-0.05, 0) is 70.6 Å². The van der Waals surface area contributed by atoms with Gasteiger partial charge in [-0.25, -0.2) is 0 Å². The van der Waals surface area contributed by atoms with Crippen LogP contribution in [0.5, 0.6) is 0 Å². The minimum atomic E-state index is -0.488. The topological polar surface area (TPSA) is 48.0 Å². The van der Waals surface area contributed by atoms with Gasteiger partial charge in [0.05, 0.1) is 24.7 Å². The number of hydrogen-bond acceptors (Lipinski definition) is 5. The summed E-state index contributed by atoms with van der Waals surface area (Å²) >= 11 is 0. The summed E-state index contributed by atoms with van der Waals surface area (Å²) in [5.41, 5.74) is 0.605. The Labute approximate surface area is 181 Å². The maximum Gasteiger partial charge on any atom is 0.316 e. The van der Waals surface area contributed by atoms with Gasteiger partial charge in [0.15, 0.2) is 0 Å². The van der Waals surface area contributed by atoms with E-state index in [0.29, 0.717) is 12.7 Å². The molecular formula is C23H36ClNO4. The number of carbonyl (C=O) groups excluding carboxylic acids is 1. The first kappa shape index (κ1) is 24.1. The number of rotatable bonds is 10. The van der Waals surface area contributed by atoms with Crippen molar-refractivity contribution in [3.63, 3.8) is 0 Å². The highest BCUT2D eigenvalue weighted by atomic mass is 35.5. The third-order valence-electron chi connectivity index (χ3n) is 6.04. The van der Waals surface area contributed by atoms with E-state index < -0.39 is 5.41 Å². The molecule has 29 heavy (non-hydrogen) atoms. The summed E-state index contributed by atoms with van der Waals surface area (Å²) in [6, 6.07) is 10.2. The van der Waals surface area contributed by atoms with Crippen LogP contribution in [0, 0.1) is 0 Å². The third-order valence-corrected chi connectivity index (χ3v) is 6.04. The Morgan fingerprint density at radius 2 is 1.97 bits per heavy atom. The number of likely N-dealkylation sites (tertiary alicyclic amines) is 1. The molecule has 0 aromatic heterocycles. The average molecular weight is 426 g/mol. The number of benzene rings is 1. The normalized spacial score (nSPS) is 21.5. The van der Waals surface area contributed by atoms with Crippen molar-refractivity contribution >= 4 is 18.4 Å². The molecule has 1 aromatic rings. The Bertz CT molecular complexity index is 584. The fourth-order valence-corrected chi connectivity index (χ4v) is 4.33. The van der Waals surface area contributed by atoms with Crippen molar-refractivity contribution in [3.05, 3.63) is 35.9 Å². The van der Waals surface area contributed by atoms with Crippen LogP contribution in [0.3, 0.4) is 0 Å². The maximum atomic E-state index is 12.8. The second-order valence-electron chi connectivity index (χ2n) is 7.93. The Morgan fingerprint density at radius 3 is 2.62 bits per heavy atom. The van der Waals surface area contributed by atoms with Crippen LogP contribution in [0.25, 0.3) is 0 Å². The van der Waals surface area contributed by atoms with E-state index in [1.165, 1.54) is 6.42 Å². The van der Waals surface area contributed by atoms with Gasteiger partial charge in [-0.1, -0.05) is 30.3 Å². The number of nitrogens with zero attached hydrogens (tertiary/aromatic N) is 1. The second-order valence-corrected chi connectivity index (χ2v) is 7.93. The number of piperidine rings is 1. The van der Waals surface area contributed by atoms with Crippen LogP contribution in [0.4, 0.5) is 0 Å². The number of esters is 1. The zero-order valence-corrected chi connectivity index (χ0v) is 18.5. The van der Waals surface area contributed by atoms with Gasteiger partial charge in [0.2, 0.25) is 0 Å². The van der Waals surface area contributed by atoms with Crippen molar-refractivity contribution < 1.29 is 19.0 Å². The molecule has 5 nitrogen and oxygen atoms in total. The van der Waals surface area contributed by atoms with Gasteiger partial charge >= 0.3 is 5.97 Å². The molecule has 0 N–H and O–H groups in total. The van der Waals surface area contributed by atoms with Crippen LogP contribution < -0.4 is 0 Å². The standard InChI is InChI=1S/C23H35NO4.ClH/c1-2-27-22(25)23(20-9-4-3-5-10-20)12-15-24(16-13-23)14-6-7-17-26-19-21-11-8-18-28-21;/h3-5,9-10,21H,2,6-8,11-19H2,1H3;1H. The van der Waals surface area contributed by atoms with Gasteiger partial charge in [0.1, 0.15) is 0 Å². The van der Waals surface area contributed by atoms with E-state index in [9.17, 15) is 4.79 Å². The SMILES string of the molecule is CCOC(=O)C1(c2ccccc2)CCN(CCCCOCC2CCCO2)CC1.Cl. The number of ether oxygens (including phenoxy) is 3. The summed E-state index contributed by atoms with van der Waals surface area (Å²) in [6.07, 6.45) is 6.47. The molecule has 0 bridgehead atoms. The lowest BCUT2D eigenvalue weighted by Crippen LogP contribution is -2.48. The van der Waals surface area contributed by atoms with Gasteiger partial charge in [-0.2, -0.15) is 0 Å². The molecule has 0 amide bonds. The average Bonchev–Trinajstić information content (AvgIpc) is 3.25. The molecule has 2 fully saturated rings. The molecule has 0 radical (unpaired) electrons. The van der Waals surface area contributed by atoms with Crippen LogP contribution in [0.15, 0.2) is 30.3 Å². The third kappa shape index (κ3) is 6.68. The van der Waals surface area contributed by atoms with E-state index in [1.807, 2.05) is 25.1 Å². The molecule has 164 valence electrons. The number of hydrogen-bond donors (Lipinski definition) is 0. The summed E-state index contributed by atoms with van der Waals surface area (Å²) in [5, 5.41) is 0. The van der Waals surface area contributed by atoms with Gasteiger partial charge < -0.3 is 19.1 Å². The lowest BCUT2D eigenvalue weighted by Gasteiger charge is -2.40. The first-order chi connectivity index (χ1) is 13.7. The fourth-order valence-electron chi connectivity index (χ4n) is 4.33. The first-order valence-corrected chi connectivity index (χ1v) is 10.9. The highest BCUT2D eigenvalue weighted by Crippen LogP contribution is 2.37. The van der Waals surface area contributed by atoms with E-state index in [1.54, 1.807) is 0 Å². The first-order valence-electron chi connectivity index (χ1n) is 10.9. The predicted octanol–water partition coefficient (Wildman–Crippen LogP) is 3.98. The number of carbonyl (C=O) groups is 1. The summed E-state index contributed by atoms with van der Waals surface area (Å²) in [4.78, 5) is 15.3. The molecule has 1 atom stereocenters. The molecular weight excluding hydrogens is 390 g/mol. The largest absolute Gasteiger partial charge is 0.465 e. The molecule has 2 aliphatic heterocycles. The second kappa shape index (κ2) is 12.5.